The van der Waals surface area contributed by atoms with Crippen LogP contribution in [0.1, 0.15) is 37.8 Å². The van der Waals surface area contributed by atoms with Gasteiger partial charge in [-0.05, 0) is 43.4 Å². The summed E-state index contributed by atoms with van der Waals surface area (Å²) in [6.45, 7) is 3.90. The Labute approximate surface area is 116 Å². The predicted octanol–water partition coefficient (Wildman–Crippen LogP) is 1.98. The highest BCUT2D eigenvalue weighted by molar-refractivity contribution is 7.90. The van der Waals surface area contributed by atoms with Gasteiger partial charge >= 0.3 is 0 Å². The van der Waals surface area contributed by atoms with E-state index >= 15 is 0 Å². The molecule has 1 aromatic rings. The molecule has 0 aliphatic heterocycles. The Bertz CT molecular complexity index is 503. The average molecular weight is 284 g/mol. The van der Waals surface area contributed by atoms with E-state index in [9.17, 15) is 8.42 Å². The maximum Gasteiger partial charge on any atom is 0.147 e. The van der Waals surface area contributed by atoms with E-state index in [1.54, 1.807) is 0 Å². The Morgan fingerprint density at radius 1 is 1.47 bits per heavy atom. The Hall–Kier alpha value is -0.810. The molecule has 1 atom stereocenters. The largest absolute Gasteiger partial charge is 0.354 e. The molecule has 0 radical (unpaired) electrons. The van der Waals surface area contributed by atoms with Crippen LogP contribution in [0, 0.1) is 5.92 Å². The third-order valence-electron chi connectivity index (χ3n) is 3.58. The molecule has 1 N–H and O–H groups in total. The van der Waals surface area contributed by atoms with Crippen molar-refractivity contribution in [2.75, 3.05) is 18.6 Å². The lowest BCUT2D eigenvalue weighted by atomic mass is 10.1. The van der Waals surface area contributed by atoms with Gasteiger partial charge < -0.3 is 9.88 Å². The number of aromatic nitrogens is 1. The topological polar surface area (TPSA) is 51.1 Å². The second kappa shape index (κ2) is 6.09. The summed E-state index contributed by atoms with van der Waals surface area (Å²) in [6, 6.07) is 2.63. The molecule has 0 saturated heterocycles. The molecular formula is C14H24N2O2S. The summed E-state index contributed by atoms with van der Waals surface area (Å²) in [5.41, 5.74) is 1.34. The number of rotatable bonds is 8. The van der Waals surface area contributed by atoms with E-state index in [2.05, 4.69) is 35.3 Å². The fraction of sp³-hybridized carbons (Fsp3) is 0.714. The molecule has 0 amide bonds. The minimum Gasteiger partial charge on any atom is -0.354 e. The van der Waals surface area contributed by atoms with Crippen molar-refractivity contribution >= 4 is 9.84 Å². The van der Waals surface area contributed by atoms with Crippen molar-refractivity contribution in [2.24, 2.45) is 5.92 Å². The molecule has 1 aliphatic rings. The van der Waals surface area contributed by atoms with E-state index in [1.807, 2.05) is 0 Å². The van der Waals surface area contributed by atoms with Gasteiger partial charge in [0.2, 0.25) is 0 Å². The SMILES string of the molecule is CCNC(c1ccn(CCCS(C)(=O)=O)c1)C1CC1. The first-order chi connectivity index (χ1) is 8.99. The summed E-state index contributed by atoms with van der Waals surface area (Å²) in [7, 11) is -2.84. The highest BCUT2D eigenvalue weighted by Gasteiger charge is 2.31. The van der Waals surface area contributed by atoms with E-state index in [1.165, 1.54) is 24.7 Å². The highest BCUT2D eigenvalue weighted by atomic mass is 32.2. The fourth-order valence-corrected chi connectivity index (χ4v) is 3.15. The molecule has 5 heteroatoms. The Balaban J connectivity index is 1.90. The lowest BCUT2D eigenvalue weighted by molar-refractivity contribution is 0.495. The van der Waals surface area contributed by atoms with Crippen molar-refractivity contribution in [1.29, 1.82) is 0 Å². The summed E-state index contributed by atoms with van der Waals surface area (Å²) in [6.07, 6.45) is 8.83. The van der Waals surface area contributed by atoms with Crippen molar-refractivity contribution in [1.82, 2.24) is 9.88 Å². The summed E-state index contributed by atoms with van der Waals surface area (Å²) < 4.78 is 24.3. The molecule has 1 unspecified atom stereocenters. The molecule has 108 valence electrons. The van der Waals surface area contributed by atoms with Crippen molar-refractivity contribution in [3.8, 4) is 0 Å². The van der Waals surface area contributed by atoms with Gasteiger partial charge in [0, 0.05) is 31.2 Å². The summed E-state index contributed by atoms with van der Waals surface area (Å²) in [5.74, 6) is 1.05. The molecule has 1 heterocycles. The molecule has 19 heavy (non-hydrogen) atoms. The van der Waals surface area contributed by atoms with Gasteiger partial charge in [0.1, 0.15) is 9.84 Å². The van der Waals surface area contributed by atoms with Crippen LogP contribution >= 0.6 is 0 Å². The van der Waals surface area contributed by atoms with E-state index in [4.69, 9.17) is 0 Å². The van der Waals surface area contributed by atoms with Gasteiger partial charge in [-0.25, -0.2) is 8.42 Å². The van der Waals surface area contributed by atoms with Gasteiger partial charge in [0.05, 0.1) is 5.75 Å². The molecule has 0 spiro atoms. The first kappa shape index (κ1) is 14.6. The zero-order valence-electron chi connectivity index (χ0n) is 11.8. The van der Waals surface area contributed by atoms with Crippen LogP contribution in [0.3, 0.4) is 0 Å². The number of aryl methyl sites for hydroxylation is 1. The normalized spacial score (nSPS) is 17.6. The molecule has 1 saturated carbocycles. The van der Waals surface area contributed by atoms with Crippen LogP contribution in [0.5, 0.6) is 0 Å². The second-order valence-electron chi connectivity index (χ2n) is 5.54. The maximum absolute atomic E-state index is 11.1. The van der Waals surface area contributed by atoms with Crippen LogP contribution in [0.25, 0.3) is 0 Å². The summed E-state index contributed by atoms with van der Waals surface area (Å²) in [4.78, 5) is 0. The smallest absolute Gasteiger partial charge is 0.147 e. The molecule has 4 nitrogen and oxygen atoms in total. The van der Waals surface area contributed by atoms with Crippen molar-refractivity contribution < 1.29 is 8.42 Å². The highest BCUT2D eigenvalue weighted by Crippen LogP contribution is 2.40. The van der Waals surface area contributed by atoms with Gasteiger partial charge in [-0.3, -0.25) is 0 Å². The van der Waals surface area contributed by atoms with Crippen molar-refractivity contribution in [3.05, 3.63) is 24.0 Å². The lowest BCUT2D eigenvalue weighted by Gasteiger charge is -2.15. The second-order valence-corrected chi connectivity index (χ2v) is 7.80. The Kier molecular flexibility index (Phi) is 4.68. The van der Waals surface area contributed by atoms with E-state index in [-0.39, 0.29) is 5.75 Å². The van der Waals surface area contributed by atoms with Crippen LogP contribution in [0.15, 0.2) is 18.5 Å². The quantitative estimate of drug-likeness (QED) is 0.794. The van der Waals surface area contributed by atoms with Crippen molar-refractivity contribution in [3.63, 3.8) is 0 Å². The van der Waals surface area contributed by atoms with Gasteiger partial charge in [0.15, 0.2) is 0 Å². The maximum atomic E-state index is 11.1. The average Bonchev–Trinajstić information content (AvgIpc) is 3.05. The van der Waals surface area contributed by atoms with E-state index in [0.717, 1.165) is 19.0 Å². The van der Waals surface area contributed by atoms with E-state index in [0.29, 0.717) is 12.5 Å². The van der Waals surface area contributed by atoms with Crippen molar-refractivity contribution in [2.45, 2.75) is 38.8 Å². The minimum atomic E-state index is -2.84. The lowest BCUT2D eigenvalue weighted by Crippen LogP contribution is -2.22. The van der Waals surface area contributed by atoms with Gasteiger partial charge in [-0.2, -0.15) is 0 Å². The number of sulfone groups is 1. The Morgan fingerprint density at radius 2 is 2.21 bits per heavy atom. The molecule has 0 bridgehead atoms. The number of hydrogen-bond acceptors (Lipinski definition) is 3. The first-order valence-electron chi connectivity index (χ1n) is 7.06. The van der Waals surface area contributed by atoms with Crippen LogP contribution in [0.2, 0.25) is 0 Å². The van der Waals surface area contributed by atoms with Crippen LogP contribution in [-0.2, 0) is 16.4 Å². The standard InChI is InChI=1S/C14H24N2O2S/c1-3-15-14(12-5-6-12)13-7-9-16(11-13)8-4-10-19(2,17)18/h7,9,11-12,14-15H,3-6,8,10H2,1-2H3. The zero-order chi connectivity index (χ0) is 13.9. The number of nitrogens with zero attached hydrogens (tertiary/aromatic N) is 1. The fourth-order valence-electron chi connectivity index (χ4n) is 2.50. The van der Waals surface area contributed by atoms with Gasteiger partial charge in [-0.15, -0.1) is 0 Å². The number of hydrogen-bond donors (Lipinski definition) is 1. The van der Waals surface area contributed by atoms with Crippen LogP contribution in [0.4, 0.5) is 0 Å². The molecule has 1 fully saturated rings. The monoisotopic (exact) mass is 284 g/mol. The Morgan fingerprint density at radius 3 is 2.79 bits per heavy atom. The van der Waals surface area contributed by atoms with Gasteiger partial charge in [0.25, 0.3) is 0 Å². The molecule has 1 aromatic heterocycles. The minimum absolute atomic E-state index is 0.264. The number of nitrogens with one attached hydrogen (secondary N) is 1. The third kappa shape index (κ3) is 4.66. The van der Waals surface area contributed by atoms with E-state index < -0.39 is 9.84 Å². The van der Waals surface area contributed by atoms with Gasteiger partial charge in [-0.1, -0.05) is 6.92 Å². The molecule has 0 aromatic carbocycles. The van der Waals surface area contributed by atoms with Crippen LogP contribution in [-0.4, -0.2) is 31.5 Å². The summed E-state index contributed by atoms with van der Waals surface area (Å²) in [5, 5.41) is 3.55. The molecular weight excluding hydrogens is 260 g/mol. The molecule has 2 rings (SSSR count). The first-order valence-corrected chi connectivity index (χ1v) is 9.12. The zero-order valence-corrected chi connectivity index (χ0v) is 12.6. The van der Waals surface area contributed by atoms with Crippen LogP contribution < -0.4 is 5.32 Å². The molecule has 1 aliphatic carbocycles. The third-order valence-corrected chi connectivity index (χ3v) is 4.61. The summed E-state index contributed by atoms with van der Waals surface area (Å²) >= 11 is 0. The predicted molar refractivity (Wildman–Crippen MR) is 77.9 cm³/mol.